The zero-order valence-electron chi connectivity index (χ0n) is 20.4. The van der Waals surface area contributed by atoms with E-state index in [0.717, 1.165) is 37.8 Å². The van der Waals surface area contributed by atoms with E-state index in [1.165, 1.54) is 6.42 Å². The van der Waals surface area contributed by atoms with Gasteiger partial charge in [0, 0.05) is 12.5 Å². The molecule has 0 amide bonds. The van der Waals surface area contributed by atoms with Crippen molar-refractivity contribution in [3.63, 3.8) is 0 Å². The highest BCUT2D eigenvalue weighted by Gasteiger charge is 2.38. The van der Waals surface area contributed by atoms with Crippen molar-refractivity contribution in [1.29, 1.82) is 0 Å². The molecule has 8 heteroatoms. The third kappa shape index (κ3) is 9.50. The van der Waals surface area contributed by atoms with E-state index in [-0.39, 0.29) is 24.7 Å². The van der Waals surface area contributed by atoms with E-state index in [2.05, 4.69) is 4.90 Å². The molecule has 1 unspecified atom stereocenters. The maximum absolute atomic E-state index is 12.2. The van der Waals surface area contributed by atoms with Crippen LogP contribution in [0.15, 0.2) is 54.6 Å². The Morgan fingerprint density at radius 3 is 1.91 bits per heavy atom. The molecule has 0 aliphatic heterocycles. The fourth-order valence-corrected chi connectivity index (χ4v) is 4.19. The number of aliphatic hydroxyl groups is 1. The first-order valence-corrected chi connectivity index (χ1v) is 11.8. The lowest BCUT2D eigenvalue weighted by Gasteiger charge is -2.40. The Morgan fingerprint density at radius 1 is 0.886 bits per heavy atom. The second kappa shape index (κ2) is 13.6. The van der Waals surface area contributed by atoms with Crippen LogP contribution in [0.2, 0.25) is 0 Å². The zero-order chi connectivity index (χ0) is 25.8. The number of hydrogen-bond donors (Lipinski definition) is 3. The van der Waals surface area contributed by atoms with Gasteiger partial charge < -0.3 is 25.0 Å². The molecule has 3 N–H and O–H groups in total. The van der Waals surface area contributed by atoms with Gasteiger partial charge in [-0.3, -0.25) is 9.59 Å². The molecule has 0 bridgehead atoms. The van der Waals surface area contributed by atoms with Crippen LogP contribution in [0.1, 0.15) is 66.8 Å². The number of ether oxygens (including phenoxy) is 1. The SMILES string of the molecule is CN(C)CC(c1ccc(OC(=O)c2ccccc2)cc1)C1(O)CCCCC1.O=C(O)CCC(=O)O. The van der Waals surface area contributed by atoms with Crippen LogP contribution in [0.3, 0.4) is 0 Å². The van der Waals surface area contributed by atoms with Gasteiger partial charge in [0.1, 0.15) is 5.75 Å². The molecule has 0 spiro atoms. The monoisotopic (exact) mass is 485 g/mol. The van der Waals surface area contributed by atoms with Crippen LogP contribution in [0, 0.1) is 0 Å². The smallest absolute Gasteiger partial charge is 0.343 e. The molecule has 2 aromatic rings. The third-order valence-electron chi connectivity index (χ3n) is 5.97. The van der Waals surface area contributed by atoms with Crippen molar-refractivity contribution in [2.24, 2.45) is 0 Å². The first kappa shape index (κ1) is 28.0. The minimum absolute atomic E-state index is 0.0478. The zero-order valence-corrected chi connectivity index (χ0v) is 20.4. The first-order chi connectivity index (χ1) is 16.6. The highest BCUT2D eigenvalue weighted by atomic mass is 16.5. The number of hydrogen-bond acceptors (Lipinski definition) is 6. The Labute approximate surface area is 206 Å². The molecule has 1 atom stereocenters. The lowest BCUT2D eigenvalue weighted by atomic mass is 9.72. The van der Waals surface area contributed by atoms with Gasteiger partial charge in [-0.15, -0.1) is 0 Å². The molecule has 35 heavy (non-hydrogen) atoms. The number of nitrogens with zero attached hydrogens (tertiary/aromatic N) is 1. The Bertz CT molecular complexity index is 937. The predicted molar refractivity (Wildman–Crippen MR) is 132 cm³/mol. The van der Waals surface area contributed by atoms with Crippen LogP contribution in [-0.2, 0) is 9.59 Å². The Hall–Kier alpha value is -3.23. The molecule has 1 aliphatic rings. The molecule has 8 nitrogen and oxygen atoms in total. The van der Waals surface area contributed by atoms with Gasteiger partial charge in [0.15, 0.2) is 0 Å². The van der Waals surface area contributed by atoms with Gasteiger partial charge in [-0.1, -0.05) is 49.6 Å². The van der Waals surface area contributed by atoms with Gasteiger partial charge in [0.05, 0.1) is 24.0 Å². The van der Waals surface area contributed by atoms with Crippen molar-refractivity contribution in [3.8, 4) is 5.75 Å². The van der Waals surface area contributed by atoms with Gasteiger partial charge in [-0.25, -0.2) is 4.79 Å². The Kier molecular flexibility index (Phi) is 10.9. The third-order valence-corrected chi connectivity index (χ3v) is 5.97. The van der Waals surface area contributed by atoms with E-state index in [1.54, 1.807) is 12.1 Å². The van der Waals surface area contributed by atoms with Gasteiger partial charge in [0.25, 0.3) is 0 Å². The summed E-state index contributed by atoms with van der Waals surface area (Å²) in [6.07, 6.45) is 4.45. The number of esters is 1. The molecule has 0 heterocycles. The van der Waals surface area contributed by atoms with Crippen LogP contribution < -0.4 is 4.74 Å². The maximum atomic E-state index is 12.2. The number of benzene rings is 2. The molecule has 2 aromatic carbocycles. The molecular weight excluding hydrogens is 450 g/mol. The number of likely N-dealkylation sites (N-methyl/N-ethyl adjacent to an activating group) is 1. The maximum Gasteiger partial charge on any atom is 0.343 e. The summed E-state index contributed by atoms with van der Waals surface area (Å²) in [4.78, 5) is 33.6. The topological polar surface area (TPSA) is 124 Å². The van der Waals surface area contributed by atoms with Gasteiger partial charge in [-0.05, 0) is 56.8 Å². The highest BCUT2D eigenvalue weighted by Crippen LogP contribution is 2.40. The lowest BCUT2D eigenvalue weighted by Crippen LogP contribution is -2.42. The summed E-state index contributed by atoms with van der Waals surface area (Å²) in [5.41, 5.74) is 0.960. The fraction of sp³-hybridized carbons (Fsp3) is 0.444. The summed E-state index contributed by atoms with van der Waals surface area (Å²) in [5, 5.41) is 27.1. The predicted octanol–water partition coefficient (Wildman–Crippen LogP) is 4.18. The highest BCUT2D eigenvalue weighted by molar-refractivity contribution is 5.90. The Morgan fingerprint density at radius 2 is 1.43 bits per heavy atom. The summed E-state index contributed by atoms with van der Waals surface area (Å²) < 4.78 is 5.48. The number of carboxylic acid groups (broad SMARTS) is 2. The van der Waals surface area contributed by atoms with Gasteiger partial charge in [-0.2, -0.15) is 0 Å². The molecule has 1 fully saturated rings. The van der Waals surface area contributed by atoms with Crippen molar-refractivity contribution < 1.29 is 34.4 Å². The second-order valence-corrected chi connectivity index (χ2v) is 9.09. The molecule has 0 radical (unpaired) electrons. The van der Waals surface area contributed by atoms with E-state index in [1.807, 2.05) is 56.6 Å². The van der Waals surface area contributed by atoms with E-state index in [9.17, 15) is 19.5 Å². The Balaban J connectivity index is 0.000000466. The molecule has 0 saturated heterocycles. The summed E-state index contributed by atoms with van der Waals surface area (Å²) >= 11 is 0. The van der Waals surface area contributed by atoms with Crippen molar-refractivity contribution in [2.75, 3.05) is 20.6 Å². The van der Waals surface area contributed by atoms with Crippen LogP contribution in [0.25, 0.3) is 0 Å². The van der Waals surface area contributed by atoms with Gasteiger partial charge in [0.2, 0.25) is 0 Å². The van der Waals surface area contributed by atoms with E-state index in [0.29, 0.717) is 11.3 Å². The van der Waals surface area contributed by atoms with Crippen LogP contribution >= 0.6 is 0 Å². The van der Waals surface area contributed by atoms with Crippen molar-refractivity contribution in [1.82, 2.24) is 4.90 Å². The summed E-state index contributed by atoms with van der Waals surface area (Å²) in [7, 11) is 4.07. The summed E-state index contributed by atoms with van der Waals surface area (Å²) in [6.45, 7) is 0.791. The molecule has 1 saturated carbocycles. The molecule has 190 valence electrons. The number of carboxylic acids is 2. The number of aliphatic carboxylic acids is 2. The van der Waals surface area contributed by atoms with E-state index >= 15 is 0 Å². The van der Waals surface area contributed by atoms with E-state index < -0.39 is 17.5 Å². The van der Waals surface area contributed by atoms with Crippen molar-refractivity contribution >= 4 is 17.9 Å². The molecule has 1 aliphatic carbocycles. The number of carbonyl (C=O) groups excluding carboxylic acids is 1. The summed E-state index contributed by atoms with van der Waals surface area (Å²) in [6, 6.07) is 16.6. The lowest BCUT2D eigenvalue weighted by molar-refractivity contribution is -0.143. The second-order valence-electron chi connectivity index (χ2n) is 9.09. The van der Waals surface area contributed by atoms with Crippen LogP contribution in [-0.4, -0.2) is 64.4 Å². The van der Waals surface area contributed by atoms with Crippen LogP contribution in [0.5, 0.6) is 5.75 Å². The largest absolute Gasteiger partial charge is 0.481 e. The summed E-state index contributed by atoms with van der Waals surface area (Å²) in [5.74, 6) is -1.95. The average molecular weight is 486 g/mol. The first-order valence-electron chi connectivity index (χ1n) is 11.8. The van der Waals surface area contributed by atoms with Crippen LogP contribution in [0.4, 0.5) is 0 Å². The molecular formula is C27H35NO7. The number of carbonyl (C=O) groups is 3. The van der Waals surface area contributed by atoms with Crippen molar-refractivity contribution in [2.45, 2.75) is 56.5 Å². The normalized spacial score (nSPS) is 15.4. The number of rotatable bonds is 9. The standard InChI is InChI=1S/C23H29NO3.C4H6O4/c1-24(2)17-21(23(26)15-7-4-8-16-23)18-11-13-20(14-12-18)27-22(25)19-9-5-3-6-10-19;5-3(6)1-2-4(7)8/h3,5-6,9-14,21,26H,4,7-8,15-17H2,1-2H3;1-2H2,(H,5,6)(H,7,8). The molecule has 0 aromatic heterocycles. The van der Waals surface area contributed by atoms with Gasteiger partial charge >= 0.3 is 17.9 Å². The fourth-order valence-electron chi connectivity index (χ4n) is 4.19. The average Bonchev–Trinajstić information content (AvgIpc) is 2.83. The van der Waals surface area contributed by atoms with Crippen molar-refractivity contribution in [3.05, 3.63) is 65.7 Å². The minimum atomic E-state index is -1.08. The minimum Gasteiger partial charge on any atom is -0.481 e. The molecule has 3 rings (SSSR count). The van der Waals surface area contributed by atoms with E-state index in [4.69, 9.17) is 14.9 Å². The quantitative estimate of drug-likeness (QED) is 0.357.